The third-order valence-electron chi connectivity index (χ3n) is 3.34. The molecule has 0 unspecified atom stereocenters. The van der Waals surface area contributed by atoms with Gasteiger partial charge in [0.15, 0.2) is 17.1 Å². The van der Waals surface area contributed by atoms with Gasteiger partial charge in [-0.05, 0) is 13.0 Å². The van der Waals surface area contributed by atoms with Crippen LogP contribution < -0.4 is 5.43 Å². The van der Waals surface area contributed by atoms with Crippen LogP contribution in [0.1, 0.15) is 11.3 Å². The molecule has 112 valence electrons. The lowest BCUT2D eigenvalue weighted by Crippen LogP contribution is -2.22. The maximum absolute atomic E-state index is 13.4. The highest BCUT2D eigenvalue weighted by Gasteiger charge is 2.18. The summed E-state index contributed by atoms with van der Waals surface area (Å²) in [6, 6.07) is 1.63. The first-order valence-corrected chi connectivity index (χ1v) is 6.20. The Morgan fingerprint density at radius 2 is 1.90 bits per heavy atom. The van der Waals surface area contributed by atoms with Crippen LogP contribution in [0.3, 0.4) is 0 Å². The molecule has 2 rings (SSSR count). The summed E-state index contributed by atoms with van der Waals surface area (Å²) in [6.45, 7) is 1.26. The molecule has 0 saturated heterocycles. The highest BCUT2D eigenvalue weighted by Crippen LogP contribution is 2.20. The van der Waals surface area contributed by atoms with E-state index in [2.05, 4.69) is 0 Å². The van der Waals surface area contributed by atoms with Gasteiger partial charge in [-0.3, -0.25) is 9.59 Å². The van der Waals surface area contributed by atoms with Crippen LogP contribution in [0.15, 0.2) is 16.9 Å². The fourth-order valence-corrected chi connectivity index (χ4v) is 2.36. The monoisotopic (exact) mass is 297 g/mol. The highest BCUT2D eigenvalue weighted by molar-refractivity contribution is 5.82. The summed E-state index contributed by atoms with van der Waals surface area (Å²) in [5.74, 6) is -3.49. The topological polar surface area (TPSA) is 79.5 Å². The van der Waals surface area contributed by atoms with E-state index in [1.807, 2.05) is 0 Å². The molecule has 7 heteroatoms. The zero-order valence-electron chi connectivity index (χ0n) is 11.2. The molecule has 1 aromatic heterocycles. The fourth-order valence-electron chi connectivity index (χ4n) is 2.36. The lowest BCUT2D eigenvalue weighted by molar-refractivity contribution is -0.136. The molecule has 1 heterocycles. The number of pyridine rings is 1. The van der Waals surface area contributed by atoms with Crippen molar-refractivity contribution in [2.24, 2.45) is 0 Å². The van der Waals surface area contributed by atoms with Crippen LogP contribution in [0, 0.1) is 18.6 Å². The first-order chi connectivity index (χ1) is 9.86. The van der Waals surface area contributed by atoms with Gasteiger partial charge in [-0.2, -0.15) is 0 Å². The third kappa shape index (κ3) is 2.64. The van der Waals surface area contributed by atoms with Crippen LogP contribution in [0.25, 0.3) is 10.9 Å². The number of fused-ring (bicyclic) bond motifs is 1. The van der Waals surface area contributed by atoms with E-state index in [9.17, 15) is 18.4 Å². The predicted octanol–water partition coefficient (Wildman–Crippen LogP) is 1.21. The van der Waals surface area contributed by atoms with Crippen molar-refractivity contribution >= 4 is 16.9 Å². The highest BCUT2D eigenvalue weighted by atomic mass is 19.2. The molecule has 5 nitrogen and oxygen atoms in total. The van der Waals surface area contributed by atoms with Crippen molar-refractivity contribution < 1.29 is 23.8 Å². The zero-order valence-corrected chi connectivity index (χ0v) is 11.2. The summed E-state index contributed by atoms with van der Waals surface area (Å²) < 4.78 is 28.2. The molecule has 0 spiro atoms. The largest absolute Gasteiger partial charge is 0.481 e. The van der Waals surface area contributed by atoms with E-state index in [1.54, 1.807) is 0 Å². The van der Waals surface area contributed by atoms with Crippen LogP contribution in [-0.2, 0) is 17.8 Å². The Kier molecular flexibility index (Phi) is 4.04. The van der Waals surface area contributed by atoms with Crippen molar-refractivity contribution in [3.63, 3.8) is 0 Å². The molecular weight excluding hydrogens is 284 g/mol. The van der Waals surface area contributed by atoms with Crippen molar-refractivity contribution in [2.75, 3.05) is 6.61 Å². The minimum Gasteiger partial charge on any atom is -0.481 e. The smallest absolute Gasteiger partial charge is 0.308 e. The van der Waals surface area contributed by atoms with Gasteiger partial charge in [0.25, 0.3) is 0 Å². The minimum atomic E-state index is -1.20. The molecule has 0 fully saturated rings. The van der Waals surface area contributed by atoms with Crippen LogP contribution in [0.2, 0.25) is 0 Å². The van der Waals surface area contributed by atoms with Crippen molar-refractivity contribution in [2.45, 2.75) is 19.9 Å². The number of benzene rings is 1. The number of halogens is 2. The zero-order chi connectivity index (χ0) is 15.7. The van der Waals surface area contributed by atoms with Gasteiger partial charge in [0.2, 0.25) is 0 Å². The van der Waals surface area contributed by atoms with Crippen LogP contribution in [0.4, 0.5) is 8.78 Å². The number of aromatic nitrogens is 1. The van der Waals surface area contributed by atoms with Gasteiger partial charge in [0, 0.05) is 29.3 Å². The Morgan fingerprint density at radius 1 is 1.29 bits per heavy atom. The first kappa shape index (κ1) is 15.1. The van der Waals surface area contributed by atoms with Gasteiger partial charge in [-0.25, -0.2) is 8.78 Å². The quantitative estimate of drug-likeness (QED) is 0.889. The number of hydrogen-bond donors (Lipinski definition) is 2. The summed E-state index contributed by atoms with van der Waals surface area (Å²) in [4.78, 5) is 23.1. The van der Waals surface area contributed by atoms with Crippen molar-refractivity contribution in [3.05, 3.63) is 45.2 Å². The van der Waals surface area contributed by atoms with Crippen LogP contribution in [-0.4, -0.2) is 27.4 Å². The van der Waals surface area contributed by atoms with Crippen molar-refractivity contribution in [1.82, 2.24) is 4.57 Å². The van der Waals surface area contributed by atoms with Gasteiger partial charge < -0.3 is 14.8 Å². The number of aliphatic hydroxyl groups is 1. The second-order valence-electron chi connectivity index (χ2n) is 4.62. The average Bonchev–Trinajstić information content (AvgIpc) is 2.42. The molecule has 0 bridgehead atoms. The number of aliphatic carboxylic acids is 1. The fraction of sp³-hybridized carbons (Fsp3) is 0.286. The summed E-state index contributed by atoms with van der Waals surface area (Å²) in [6.07, 6.45) is -0.523. The maximum Gasteiger partial charge on any atom is 0.308 e. The Hall–Kier alpha value is -2.28. The number of nitrogens with zero attached hydrogens (tertiary/aromatic N) is 1. The van der Waals surface area contributed by atoms with E-state index >= 15 is 0 Å². The van der Waals surface area contributed by atoms with Gasteiger partial charge in [-0.15, -0.1) is 0 Å². The minimum absolute atomic E-state index is 0.00513. The lowest BCUT2D eigenvalue weighted by Gasteiger charge is -2.17. The SMILES string of the molecule is Cc1c(CC(=O)O)c(=O)c2cc(F)c(F)cc2n1CCO. The van der Waals surface area contributed by atoms with E-state index in [1.165, 1.54) is 11.5 Å². The molecule has 0 saturated carbocycles. The predicted molar refractivity (Wildman–Crippen MR) is 71.3 cm³/mol. The van der Waals surface area contributed by atoms with Gasteiger partial charge >= 0.3 is 5.97 Å². The summed E-state index contributed by atoms with van der Waals surface area (Å²) in [5.41, 5.74) is -0.206. The summed E-state index contributed by atoms with van der Waals surface area (Å²) in [7, 11) is 0. The average molecular weight is 297 g/mol. The summed E-state index contributed by atoms with van der Waals surface area (Å²) in [5, 5.41) is 17.9. The number of carboxylic acid groups (broad SMARTS) is 1. The number of carboxylic acids is 1. The van der Waals surface area contributed by atoms with Crippen molar-refractivity contribution in [1.29, 1.82) is 0 Å². The molecule has 0 aliphatic heterocycles. The van der Waals surface area contributed by atoms with E-state index in [0.29, 0.717) is 5.69 Å². The lowest BCUT2D eigenvalue weighted by atomic mass is 10.0. The molecule has 1 aromatic carbocycles. The van der Waals surface area contributed by atoms with E-state index in [0.717, 1.165) is 12.1 Å². The number of hydrogen-bond acceptors (Lipinski definition) is 3. The molecule has 2 N–H and O–H groups in total. The molecule has 2 aromatic rings. The first-order valence-electron chi connectivity index (χ1n) is 6.20. The molecule has 0 atom stereocenters. The Labute approximate surface area is 118 Å². The Bertz CT molecular complexity index is 783. The molecule has 0 radical (unpaired) electrons. The van der Waals surface area contributed by atoms with Gasteiger partial charge in [0.05, 0.1) is 18.5 Å². The van der Waals surface area contributed by atoms with Gasteiger partial charge in [-0.1, -0.05) is 0 Å². The summed E-state index contributed by atoms with van der Waals surface area (Å²) >= 11 is 0. The van der Waals surface area contributed by atoms with Crippen LogP contribution in [0.5, 0.6) is 0 Å². The number of carbonyl (C=O) groups is 1. The molecule has 0 aliphatic carbocycles. The Morgan fingerprint density at radius 3 is 2.48 bits per heavy atom. The molecular formula is C14H13F2NO4. The third-order valence-corrected chi connectivity index (χ3v) is 3.34. The number of aliphatic hydroxyl groups excluding tert-OH is 1. The standard InChI is InChI=1S/C14H13F2NO4/c1-7-8(5-13(19)20)14(21)9-4-10(15)11(16)6-12(9)17(7)2-3-18/h4,6,18H,2-3,5H2,1H3,(H,19,20). The van der Waals surface area contributed by atoms with E-state index in [-0.39, 0.29) is 29.6 Å². The van der Waals surface area contributed by atoms with Crippen molar-refractivity contribution in [3.8, 4) is 0 Å². The number of rotatable bonds is 4. The normalized spacial score (nSPS) is 11.0. The van der Waals surface area contributed by atoms with Crippen LogP contribution >= 0.6 is 0 Å². The molecule has 0 aliphatic rings. The molecule has 0 amide bonds. The molecule has 21 heavy (non-hydrogen) atoms. The van der Waals surface area contributed by atoms with E-state index < -0.39 is 29.5 Å². The maximum atomic E-state index is 13.4. The second-order valence-corrected chi connectivity index (χ2v) is 4.62. The van der Waals surface area contributed by atoms with Gasteiger partial charge in [0.1, 0.15) is 0 Å². The van der Waals surface area contributed by atoms with E-state index in [4.69, 9.17) is 10.2 Å². The second kappa shape index (κ2) is 5.61. The Balaban J connectivity index is 2.91.